The average molecular weight is 243 g/mol. The second kappa shape index (κ2) is 4.20. The topological polar surface area (TPSA) is 88.0 Å². The van der Waals surface area contributed by atoms with Crippen LogP contribution in [0.5, 0.6) is 0 Å². The number of rotatable bonds is 5. The molecule has 16 heavy (non-hydrogen) atoms. The summed E-state index contributed by atoms with van der Waals surface area (Å²) in [6, 6.07) is 1.59. The molecule has 1 saturated carbocycles. The molecule has 1 aliphatic rings. The Morgan fingerprint density at radius 2 is 2.31 bits per heavy atom. The van der Waals surface area contributed by atoms with Crippen molar-refractivity contribution < 1.29 is 8.42 Å². The molecule has 1 atom stereocenters. The van der Waals surface area contributed by atoms with Crippen LogP contribution < -0.4 is 10.5 Å². The van der Waals surface area contributed by atoms with Crippen LogP contribution in [0.25, 0.3) is 0 Å². The van der Waals surface area contributed by atoms with Crippen LogP contribution in [-0.2, 0) is 16.6 Å². The van der Waals surface area contributed by atoms with Crippen LogP contribution in [-0.4, -0.2) is 19.4 Å². The predicted molar refractivity (Wildman–Crippen MR) is 61.2 cm³/mol. The van der Waals surface area contributed by atoms with Gasteiger partial charge in [0.15, 0.2) is 0 Å². The first-order valence-corrected chi connectivity index (χ1v) is 6.91. The zero-order valence-corrected chi connectivity index (χ0v) is 10.0. The zero-order valence-electron chi connectivity index (χ0n) is 9.23. The normalized spacial score (nSPS) is 18.6. The van der Waals surface area contributed by atoms with E-state index in [1.807, 2.05) is 6.92 Å². The third kappa shape index (κ3) is 2.45. The Morgan fingerprint density at radius 1 is 1.62 bits per heavy atom. The van der Waals surface area contributed by atoms with E-state index < -0.39 is 10.0 Å². The Hall–Kier alpha value is -0.850. The van der Waals surface area contributed by atoms with Gasteiger partial charge in [-0.25, -0.2) is 13.1 Å². The average Bonchev–Trinajstić information content (AvgIpc) is 2.95. The van der Waals surface area contributed by atoms with Gasteiger partial charge < -0.3 is 10.7 Å². The fourth-order valence-corrected chi connectivity index (χ4v) is 3.03. The molecule has 4 N–H and O–H groups in total. The van der Waals surface area contributed by atoms with Crippen molar-refractivity contribution in [2.24, 2.45) is 11.7 Å². The molecule has 1 aliphatic carbocycles. The first-order chi connectivity index (χ1) is 7.53. The van der Waals surface area contributed by atoms with Gasteiger partial charge >= 0.3 is 0 Å². The quantitative estimate of drug-likeness (QED) is 0.705. The van der Waals surface area contributed by atoms with Crippen LogP contribution in [0.1, 0.15) is 25.5 Å². The SMILES string of the molecule is CC(NS(=O)(=O)c1c[nH]c(CN)c1)C1CC1. The molecule has 2 rings (SSSR count). The van der Waals surface area contributed by atoms with E-state index in [-0.39, 0.29) is 10.9 Å². The van der Waals surface area contributed by atoms with Crippen molar-refractivity contribution in [2.45, 2.75) is 37.2 Å². The lowest BCUT2D eigenvalue weighted by atomic mass is 10.2. The van der Waals surface area contributed by atoms with Crippen molar-refractivity contribution in [3.05, 3.63) is 18.0 Å². The molecule has 0 bridgehead atoms. The largest absolute Gasteiger partial charge is 0.363 e. The van der Waals surface area contributed by atoms with E-state index in [1.165, 1.54) is 6.20 Å². The smallest absolute Gasteiger partial charge is 0.242 e. The highest BCUT2D eigenvalue weighted by atomic mass is 32.2. The summed E-state index contributed by atoms with van der Waals surface area (Å²) < 4.78 is 26.5. The van der Waals surface area contributed by atoms with Crippen molar-refractivity contribution in [3.63, 3.8) is 0 Å². The monoisotopic (exact) mass is 243 g/mol. The van der Waals surface area contributed by atoms with E-state index in [2.05, 4.69) is 9.71 Å². The summed E-state index contributed by atoms with van der Waals surface area (Å²) in [5, 5.41) is 0. The first-order valence-electron chi connectivity index (χ1n) is 5.42. The van der Waals surface area contributed by atoms with Crippen molar-refractivity contribution >= 4 is 10.0 Å². The summed E-state index contributed by atoms with van der Waals surface area (Å²) in [4.78, 5) is 3.10. The van der Waals surface area contributed by atoms with Crippen molar-refractivity contribution in [3.8, 4) is 0 Å². The van der Waals surface area contributed by atoms with Crippen molar-refractivity contribution in [2.75, 3.05) is 0 Å². The Morgan fingerprint density at radius 3 is 2.81 bits per heavy atom. The van der Waals surface area contributed by atoms with Crippen LogP contribution in [0.15, 0.2) is 17.2 Å². The minimum Gasteiger partial charge on any atom is -0.363 e. The lowest BCUT2D eigenvalue weighted by molar-refractivity contribution is 0.538. The number of aromatic amines is 1. The van der Waals surface area contributed by atoms with Gasteiger partial charge in [-0.3, -0.25) is 0 Å². The lowest BCUT2D eigenvalue weighted by Gasteiger charge is -2.11. The third-order valence-electron chi connectivity index (χ3n) is 2.92. The highest BCUT2D eigenvalue weighted by molar-refractivity contribution is 7.89. The molecular formula is C10H17N3O2S. The van der Waals surface area contributed by atoms with E-state index in [1.54, 1.807) is 6.07 Å². The van der Waals surface area contributed by atoms with Crippen LogP contribution in [0.2, 0.25) is 0 Å². The molecule has 1 aromatic heterocycles. The standard InChI is InChI=1S/C10H17N3O2S/c1-7(8-2-3-8)13-16(14,15)10-4-9(5-11)12-6-10/h4,6-8,12-13H,2-3,5,11H2,1H3. The molecule has 0 amide bonds. The van der Waals surface area contributed by atoms with Crippen LogP contribution in [0, 0.1) is 5.92 Å². The second-order valence-corrected chi connectivity index (χ2v) is 6.03. The van der Waals surface area contributed by atoms with Crippen LogP contribution in [0.3, 0.4) is 0 Å². The molecule has 0 spiro atoms. The molecule has 0 radical (unpaired) electrons. The molecular weight excluding hydrogens is 226 g/mol. The highest BCUT2D eigenvalue weighted by Gasteiger charge is 2.31. The molecule has 1 fully saturated rings. The molecule has 5 nitrogen and oxygen atoms in total. The fourth-order valence-electron chi connectivity index (χ4n) is 1.70. The summed E-state index contributed by atoms with van der Waals surface area (Å²) in [5.41, 5.74) is 6.14. The second-order valence-electron chi connectivity index (χ2n) is 4.31. The maximum atomic E-state index is 11.9. The van der Waals surface area contributed by atoms with Crippen LogP contribution >= 0.6 is 0 Å². The van der Waals surface area contributed by atoms with E-state index in [0.29, 0.717) is 12.5 Å². The van der Waals surface area contributed by atoms with Gasteiger partial charge in [0.05, 0.1) is 4.90 Å². The van der Waals surface area contributed by atoms with Gasteiger partial charge in [-0.05, 0) is 31.7 Å². The van der Waals surface area contributed by atoms with E-state index in [0.717, 1.165) is 18.5 Å². The van der Waals surface area contributed by atoms with E-state index in [4.69, 9.17) is 5.73 Å². The maximum absolute atomic E-state index is 11.9. The molecule has 1 heterocycles. The van der Waals surface area contributed by atoms with Gasteiger partial charge in [-0.15, -0.1) is 0 Å². The number of sulfonamides is 1. The number of hydrogen-bond donors (Lipinski definition) is 3. The predicted octanol–water partition coefficient (Wildman–Crippen LogP) is 0.550. The zero-order chi connectivity index (χ0) is 11.8. The maximum Gasteiger partial charge on any atom is 0.242 e. The van der Waals surface area contributed by atoms with Gasteiger partial charge in [-0.1, -0.05) is 0 Å². The molecule has 1 aromatic rings. The van der Waals surface area contributed by atoms with Crippen molar-refractivity contribution in [1.29, 1.82) is 0 Å². The molecule has 1 unspecified atom stereocenters. The van der Waals surface area contributed by atoms with Gasteiger partial charge in [0.2, 0.25) is 10.0 Å². The van der Waals surface area contributed by atoms with Gasteiger partial charge in [0, 0.05) is 24.5 Å². The van der Waals surface area contributed by atoms with Gasteiger partial charge in [-0.2, -0.15) is 0 Å². The number of H-pyrrole nitrogens is 1. The lowest BCUT2D eigenvalue weighted by Crippen LogP contribution is -2.33. The molecule has 0 saturated heterocycles. The Bertz CT molecular complexity index is 462. The number of hydrogen-bond acceptors (Lipinski definition) is 3. The van der Waals surface area contributed by atoms with Gasteiger partial charge in [0.25, 0.3) is 0 Å². The molecule has 90 valence electrons. The summed E-state index contributed by atoms with van der Waals surface area (Å²) in [5.74, 6) is 0.502. The van der Waals surface area contributed by atoms with E-state index >= 15 is 0 Å². The molecule has 6 heteroatoms. The minimum absolute atomic E-state index is 0.0150. The minimum atomic E-state index is -3.39. The third-order valence-corrected chi connectivity index (χ3v) is 4.46. The highest BCUT2D eigenvalue weighted by Crippen LogP contribution is 2.33. The number of aromatic nitrogens is 1. The Kier molecular flexibility index (Phi) is 3.05. The summed E-state index contributed by atoms with van der Waals surface area (Å²) >= 11 is 0. The molecule has 0 aliphatic heterocycles. The molecule has 0 aromatic carbocycles. The van der Waals surface area contributed by atoms with E-state index in [9.17, 15) is 8.42 Å². The van der Waals surface area contributed by atoms with Crippen LogP contribution in [0.4, 0.5) is 0 Å². The van der Waals surface area contributed by atoms with Gasteiger partial charge in [0.1, 0.15) is 0 Å². The number of nitrogens with one attached hydrogen (secondary N) is 2. The summed E-state index contributed by atoms with van der Waals surface area (Å²) in [6.07, 6.45) is 3.71. The first kappa shape index (κ1) is 11.6. The number of nitrogens with two attached hydrogens (primary N) is 1. The Labute approximate surface area is 95.5 Å². The fraction of sp³-hybridized carbons (Fsp3) is 0.600. The van der Waals surface area contributed by atoms with Crippen molar-refractivity contribution in [1.82, 2.24) is 9.71 Å². The summed E-state index contributed by atoms with van der Waals surface area (Å²) in [6.45, 7) is 2.22. The summed E-state index contributed by atoms with van der Waals surface area (Å²) in [7, 11) is -3.39. The Balaban J connectivity index is 2.11.